The van der Waals surface area contributed by atoms with Gasteiger partial charge in [-0.1, -0.05) is 37.3 Å². The molecule has 0 bridgehead atoms. The molecule has 1 heterocycles. The van der Waals surface area contributed by atoms with Gasteiger partial charge in [0.1, 0.15) is 0 Å². The monoisotopic (exact) mass is 248 g/mol. The maximum absolute atomic E-state index is 11.6. The third kappa shape index (κ3) is 3.82. The van der Waals surface area contributed by atoms with E-state index in [9.17, 15) is 4.79 Å². The molecule has 0 saturated carbocycles. The maximum atomic E-state index is 11.6. The van der Waals surface area contributed by atoms with Gasteiger partial charge < -0.3 is 15.4 Å². The van der Waals surface area contributed by atoms with Crippen LogP contribution in [0.3, 0.4) is 0 Å². The molecule has 0 radical (unpaired) electrons. The van der Waals surface area contributed by atoms with Crippen molar-refractivity contribution in [1.82, 2.24) is 10.6 Å². The smallest absolute Gasteiger partial charge is 0.234 e. The van der Waals surface area contributed by atoms with Crippen LogP contribution in [0, 0.1) is 5.41 Å². The number of carbonyl (C=O) groups excluding carboxylic acids is 1. The Labute approximate surface area is 108 Å². The van der Waals surface area contributed by atoms with Crippen LogP contribution in [0.4, 0.5) is 0 Å². The van der Waals surface area contributed by atoms with Crippen molar-refractivity contribution >= 4 is 5.91 Å². The summed E-state index contributed by atoms with van der Waals surface area (Å²) >= 11 is 0. The summed E-state index contributed by atoms with van der Waals surface area (Å²) in [6, 6.07) is 9.91. The van der Waals surface area contributed by atoms with Gasteiger partial charge in [-0.3, -0.25) is 4.79 Å². The third-order valence-electron chi connectivity index (χ3n) is 3.07. The normalized spacial score (nSPS) is 16.9. The first-order chi connectivity index (χ1) is 8.68. The van der Waals surface area contributed by atoms with Crippen LogP contribution in [0.25, 0.3) is 0 Å². The Kier molecular flexibility index (Phi) is 4.33. The van der Waals surface area contributed by atoms with Crippen LogP contribution in [0.1, 0.15) is 12.5 Å². The highest BCUT2D eigenvalue weighted by Gasteiger charge is 2.32. The zero-order valence-electron chi connectivity index (χ0n) is 10.7. The van der Waals surface area contributed by atoms with E-state index in [1.165, 1.54) is 0 Å². The lowest BCUT2D eigenvalue weighted by atomic mass is 9.89. The van der Waals surface area contributed by atoms with Crippen molar-refractivity contribution in [2.45, 2.75) is 13.5 Å². The topological polar surface area (TPSA) is 50.4 Å². The first kappa shape index (κ1) is 13.1. The van der Waals surface area contributed by atoms with Crippen molar-refractivity contribution in [3.05, 3.63) is 35.9 Å². The SMILES string of the molecule is CC1(CNCC(=O)NCc2ccccc2)COC1. The molecule has 0 unspecified atom stereocenters. The van der Waals surface area contributed by atoms with Crippen LogP contribution >= 0.6 is 0 Å². The van der Waals surface area contributed by atoms with Gasteiger partial charge in [0.2, 0.25) is 5.91 Å². The Balaban J connectivity index is 1.60. The van der Waals surface area contributed by atoms with Crippen LogP contribution in [-0.4, -0.2) is 32.2 Å². The summed E-state index contributed by atoms with van der Waals surface area (Å²) in [5.41, 5.74) is 1.32. The minimum absolute atomic E-state index is 0.0303. The second-order valence-electron chi connectivity index (χ2n) is 5.17. The van der Waals surface area contributed by atoms with E-state index in [-0.39, 0.29) is 11.3 Å². The van der Waals surface area contributed by atoms with Crippen LogP contribution < -0.4 is 10.6 Å². The number of hydrogen-bond donors (Lipinski definition) is 2. The van der Waals surface area contributed by atoms with Gasteiger partial charge in [0.05, 0.1) is 19.8 Å². The quantitative estimate of drug-likeness (QED) is 0.787. The maximum Gasteiger partial charge on any atom is 0.234 e. The number of nitrogens with one attached hydrogen (secondary N) is 2. The predicted molar refractivity (Wildman–Crippen MR) is 70.1 cm³/mol. The molecular formula is C14H20N2O2. The van der Waals surface area contributed by atoms with Crippen LogP contribution in [-0.2, 0) is 16.1 Å². The molecule has 4 heteroatoms. The molecule has 98 valence electrons. The molecule has 0 spiro atoms. The number of amides is 1. The first-order valence-corrected chi connectivity index (χ1v) is 6.27. The van der Waals surface area contributed by atoms with Gasteiger partial charge in [0.15, 0.2) is 0 Å². The van der Waals surface area contributed by atoms with Crippen molar-refractivity contribution in [1.29, 1.82) is 0 Å². The van der Waals surface area contributed by atoms with Crippen molar-refractivity contribution in [3.8, 4) is 0 Å². The summed E-state index contributed by atoms with van der Waals surface area (Å²) < 4.78 is 5.16. The third-order valence-corrected chi connectivity index (χ3v) is 3.07. The molecule has 1 aliphatic heterocycles. The standard InChI is InChI=1S/C14H20N2O2/c1-14(10-18-11-14)9-15-8-13(17)16-7-12-5-3-2-4-6-12/h2-6,15H,7-11H2,1H3,(H,16,17). The van der Waals surface area contributed by atoms with Gasteiger partial charge in [0, 0.05) is 18.5 Å². The fourth-order valence-electron chi connectivity index (χ4n) is 1.89. The first-order valence-electron chi connectivity index (χ1n) is 6.27. The molecule has 0 aromatic heterocycles. The number of rotatable bonds is 6. The van der Waals surface area contributed by atoms with Crippen molar-refractivity contribution < 1.29 is 9.53 Å². The number of benzene rings is 1. The zero-order chi connectivity index (χ0) is 12.8. The van der Waals surface area contributed by atoms with Crippen LogP contribution in [0.5, 0.6) is 0 Å². The van der Waals surface area contributed by atoms with Gasteiger partial charge in [-0.15, -0.1) is 0 Å². The average Bonchev–Trinajstić information content (AvgIpc) is 2.35. The minimum Gasteiger partial charge on any atom is -0.380 e. The minimum atomic E-state index is 0.0303. The molecule has 1 aliphatic rings. The van der Waals surface area contributed by atoms with E-state index < -0.39 is 0 Å². The molecular weight excluding hydrogens is 228 g/mol. The summed E-state index contributed by atoms with van der Waals surface area (Å²) in [6.07, 6.45) is 0. The van der Waals surface area contributed by atoms with E-state index in [1.807, 2.05) is 30.3 Å². The van der Waals surface area contributed by atoms with Gasteiger partial charge in [-0.25, -0.2) is 0 Å². The van der Waals surface area contributed by atoms with Gasteiger partial charge >= 0.3 is 0 Å². The van der Waals surface area contributed by atoms with E-state index in [4.69, 9.17) is 4.74 Å². The molecule has 0 aliphatic carbocycles. The molecule has 2 N–H and O–H groups in total. The Bertz CT molecular complexity index is 388. The summed E-state index contributed by atoms with van der Waals surface area (Å²) in [6.45, 7) is 5.50. The Morgan fingerprint density at radius 1 is 1.33 bits per heavy atom. The Morgan fingerprint density at radius 3 is 2.67 bits per heavy atom. The van der Waals surface area contributed by atoms with Crippen molar-refractivity contribution in [2.75, 3.05) is 26.3 Å². The lowest BCUT2D eigenvalue weighted by molar-refractivity contribution is -0.121. The molecule has 2 rings (SSSR count). The molecule has 1 saturated heterocycles. The molecule has 1 amide bonds. The average molecular weight is 248 g/mol. The Morgan fingerprint density at radius 2 is 2.06 bits per heavy atom. The van der Waals surface area contributed by atoms with E-state index in [2.05, 4.69) is 17.6 Å². The predicted octanol–water partition coefficient (Wildman–Crippen LogP) is 0.929. The van der Waals surface area contributed by atoms with E-state index >= 15 is 0 Å². The lowest BCUT2D eigenvalue weighted by Crippen LogP contribution is -2.49. The highest BCUT2D eigenvalue weighted by atomic mass is 16.5. The summed E-state index contributed by atoms with van der Waals surface area (Å²) in [4.78, 5) is 11.6. The van der Waals surface area contributed by atoms with Gasteiger partial charge in [0.25, 0.3) is 0 Å². The molecule has 1 aromatic rings. The van der Waals surface area contributed by atoms with Gasteiger partial charge in [-0.2, -0.15) is 0 Å². The zero-order valence-corrected chi connectivity index (χ0v) is 10.7. The van der Waals surface area contributed by atoms with Gasteiger partial charge in [-0.05, 0) is 5.56 Å². The fourth-order valence-corrected chi connectivity index (χ4v) is 1.89. The number of carbonyl (C=O) groups is 1. The van der Waals surface area contributed by atoms with Crippen LogP contribution in [0.2, 0.25) is 0 Å². The lowest BCUT2D eigenvalue weighted by Gasteiger charge is -2.38. The molecule has 0 atom stereocenters. The number of hydrogen-bond acceptors (Lipinski definition) is 3. The molecule has 1 aromatic carbocycles. The second-order valence-corrected chi connectivity index (χ2v) is 5.17. The Hall–Kier alpha value is -1.39. The summed E-state index contributed by atoms with van der Waals surface area (Å²) in [5.74, 6) is 0.0303. The number of ether oxygens (including phenoxy) is 1. The fraction of sp³-hybridized carbons (Fsp3) is 0.500. The van der Waals surface area contributed by atoms with E-state index in [1.54, 1.807) is 0 Å². The highest BCUT2D eigenvalue weighted by molar-refractivity contribution is 5.77. The summed E-state index contributed by atoms with van der Waals surface area (Å²) in [5, 5.41) is 6.06. The van der Waals surface area contributed by atoms with E-state index in [0.29, 0.717) is 13.1 Å². The van der Waals surface area contributed by atoms with Crippen LogP contribution in [0.15, 0.2) is 30.3 Å². The second kappa shape index (κ2) is 5.98. The molecule has 4 nitrogen and oxygen atoms in total. The van der Waals surface area contributed by atoms with Crippen molar-refractivity contribution in [2.24, 2.45) is 5.41 Å². The largest absolute Gasteiger partial charge is 0.380 e. The molecule has 18 heavy (non-hydrogen) atoms. The summed E-state index contributed by atoms with van der Waals surface area (Å²) in [7, 11) is 0. The van der Waals surface area contributed by atoms with Crippen molar-refractivity contribution in [3.63, 3.8) is 0 Å². The van der Waals surface area contributed by atoms with E-state index in [0.717, 1.165) is 25.3 Å². The molecule has 1 fully saturated rings. The highest BCUT2D eigenvalue weighted by Crippen LogP contribution is 2.24.